The number of fused-ring (bicyclic) bond motifs is 8. The van der Waals surface area contributed by atoms with Crippen molar-refractivity contribution in [3.05, 3.63) is 166 Å². The van der Waals surface area contributed by atoms with Gasteiger partial charge in [-0.1, -0.05) is 72.8 Å². The molecule has 2 N–H and O–H groups in total. The molecule has 2 aliphatic heterocycles. The number of nitriles is 4. The lowest BCUT2D eigenvalue weighted by Gasteiger charge is -2.08. The van der Waals surface area contributed by atoms with Crippen LogP contribution in [0.1, 0.15) is 45.0 Å². The van der Waals surface area contributed by atoms with Crippen molar-refractivity contribution in [2.45, 2.75) is 25.7 Å². The highest BCUT2D eigenvalue weighted by Gasteiger charge is 2.20. The maximum atomic E-state index is 9.62. The minimum absolute atomic E-state index is 0.270. The number of hydrogen-bond donors (Lipinski definition) is 2. The van der Waals surface area contributed by atoms with Crippen molar-refractivity contribution in [2.24, 2.45) is 0 Å². The number of nitrogens with zero attached hydrogens (tertiary/aromatic N) is 6. The fourth-order valence-corrected chi connectivity index (χ4v) is 8.13. The van der Waals surface area contributed by atoms with Gasteiger partial charge in [-0.05, 0) is 117 Å². The molecule has 2 aliphatic rings. The summed E-state index contributed by atoms with van der Waals surface area (Å²) in [5.41, 5.74) is 17.0. The fraction of sp³-hybridized carbons (Fsp3) is 0.0769. The minimum Gasteiger partial charge on any atom is -0.354 e. The van der Waals surface area contributed by atoms with Gasteiger partial charge in [0.25, 0.3) is 0 Å². The van der Waals surface area contributed by atoms with E-state index in [4.69, 9.17) is 9.97 Å². The van der Waals surface area contributed by atoms with E-state index in [9.17, 15) is 21.0 Å². The summed E-state index contributed by atoms with van der Waals surface area (Å²) in [5.74, 6) is 0. The number of benzene rings is 4. The van der Waals surface area contributed by atoms with E-state index < -0.39 is 0 Å². The molecule has 282 valence electrons. The average Bonchev–Trinajstić information content (AvgIpc) is 4.10. The third kappa shape index (κ3) is 7.14. The molecule has 4 aromatic carbocycles. The molecule has 7 aromatic rings. The maximum Gasteiger partial charge on any atom is 0.0737 e. The van der Waals surface area contributed by atoms with Crippen molar-refractivity contribution >= 4 is 46.4 Å². The summed E-state index contributed by atoms with van der Waals surface area (Å²) >= 11 is 0. The van der Waals surface area contributed by atoms with Gasteiger partial charge in [-0.15, -0.1) is 0 Å². The Hall–Kier alpha value is -8.56. The first-order valence-electron chi connectivity index (χ1n) is 19.5. The molecule has 0 radical (unpaired) electrons. The first-order chi connectivity index (χ1) is 29.5. The van der Waals surface area contributed by atoms with Crippen LogP contribution < -0.4 is 0 Å². The third-order valence-electron chi connectivity index (χ3n) is 10.7. The highest BCUT2D eigenvalue weighted by Crippen LogP contribution is 2.39. The zero-order valence-electron chi connectivity index (χ0n) is 32.4. The Kier molecular flexibility index (Phi) is 9.96. The van der Waals surface area contributed by atoms with Crippen molar-refractivity contribution in [3.63, 3.8) is 0 Å². The van der Waals surface area contributed by atoms with Crippen molar-refractivity contribution in [1.82, 2.24) is 19.9 Å². The summed E-state index contributed by atoms with van der Waals surface area (Å²) in [6.07, 6.45) is 9.20. The number of H-pyrrole nitrogens is 2. The molecule has 8 bridgehead atoms. The molecule has 0 fully saturated rings. The second-order valence-electron chi connectivity index (χ2n) is 14.6. The van der Waals surface area contributed by atoms with Gasteiger partial charge in [-0.2, -0.15) is 21.0 Å². The van der Waals surface area contributed by atoms with Gasteiger partial charge in [0.05, 0.1) is 72.7 Å². The van der Waals surface area contributed by atoms with Crippen LogP contribution in [0.4, 0.5) is 0 Å². The number of rotatable bonds is 8. The van der Waals surface area contributed by atoms with Crippen LogP contribution in [0.25, 0.3) is 90.9 Å². The van der Waals surface area contributed by atoms with Gasteiger partial charge >= 0.3 is 0 Å². The molecular formula is C52H34N8. The lowest BCUT2D eigenvalue weighted by Crippen LogP contribution is -1.91. The van der Waals surface area contributed by atoms with Crippen LogP contribution in [0.15, 0.2) is 121 Å². The lowest BCUT2D eigenvalue weighted by molar-refractivity contribution is 1.26. The van der Waals surface area contributed by atoms with Crippen molar-refractivity contribution in [1.29, 1.82) is 21.0 Å². The van der Waals surface area contributed by atoms with Crippen LogP contribution in [-0.4, -0.2) is 19.9 Å². The van der Waals surface area contributed by atoms with Gasteiger partial charge in [0.15, 0.2) is 0 Å². The summed E-state index contributed by atoms with van der Waals surface area (Å²) in [7, 11) is 0. The van der Waals surface area contributed by atoms with Gasteiger partial charge in [-0.3, -0.25) is 0 Å². The Bertz CT molecular complexity index is 2850. The van der Waals surface area contributed by atoms with Gasteiger partial charge in [0.2, 0.25) is 0 Å². The summed E-state index contributed by atoms with van der Waals surface area (Å²) < 4.78 is 0. The molecule has 0 amide bonds. The number of nitrogens with one attached hydrogen (secondary N) is 2. The normalized spacial score (nSPS) is 11.4. The lowest BCUT2D eigenvalue weighted by atomic mass is 10.00. The van der Waals surface area contributed by atoms with Gasteiger partial charge in [-0.25, -0.2) is 9.97 Å². The van der Waals surface area contributed by atoms with E-state index in [-0.39, 0.29) is 25.7 Å². The van der Waals surface area contributed by atoms with Gasteiger partial charge < -0.3 is 9.97 Å². The molecule has 0 aliphatic carbocycles. The minimum atomic E-state index is 0.270. The number of aromatic amines is 2. The molecular weight excluding hydrogens is 737 g/mol. The summed E-state index contributed by atoms with van der Waals surface area (Å²) in [4.78, 5) is 18.3. The molecule has 0 saturated carbocycles. The average molecular weight is 771 g/mol. The monoisotopic (exact) mass is 770 g/mol. The van der Waals surface area contributed by atoms with Gasteiger partial charge in [0.1, 0.15) is 0 Å². The van der Waals surface area contributed by atoms with Crippen LogP contribution in [0.2, 0.25) is 0 Å². The summed E-state index contributed by atoms with van der Waals surface area (Å²) in [5, 5.41) is 38.5. The number of hydrogen-bond acceptors (Lipinski definition) is 6. The molecule has 8 nitrogen and oxygen atoms in total. The van der Waals surface area contributed by atoms with E-state index in [0.29, 0.717) is 0 Å². The second-order valence-corrected chi connectivity index (χ2v) is 14.6. The zero-order valence-corrected chi connectivity index (χ0v) is 32.4. The predicted molar refractivity (Wildman–Crippen MR) is 238 cm³/mol. The van der Waals surface area contributed by atoms with E-state index >= 15 is 0 Å². The number of aromatic nitrogens is 4. The van der Waals surface area contributed by atoms with Crippen molar-refractivity contribution in [2.75, 3.05) is 0 Å². The van der Waals surface area contributed by atoms with Crippen LogP contribution >= 0.6 is 0 Å². The summed E-state index contributed by atoms with van der Waals surface area (Å²) in [6, 6.07) is 49.4. The summed E-state index contributed by atoms with van der Waals surface area (Å²) in [6.45, 7) is 0. The van der Waals surface area contributed by atoms with Crippen molar-refractivity contribution in [3.8, 4) is 68.8 Å². The molecule has 0 spiro atoms. The zero-order chi connectivity index (χ0) is 41.0. The topological polar surface area (TPSA) is 153 Å². The Labute approximate surface area is 347 Å². The molecule has 3 aromatic heterocycles. The fourth-order valence-electron chi connectivity index (χ4n) is 8.13. The first kappa shape index (κ1) is 37.0. The van der Waals surface area contributed by atoms with E-state index in [1.165, 1.54) is 0 Å². The largest absolute Gasteiger partial charge is 0.354 e. The molecule has 8 heteroatoms. The van der Waals surface area contributed by atoms with E-state index in [0.717, 1.165) is 112 Å². The van der Waals surface area contributed by atoms with E-state index in [1.807, 2.05) is 121 Å². The Morgan fingerprint density at radius 1 is 0.350 bits per heavy atom. The molecule has 9 rings (SSSR count). The molecule has 60 heavy (non-hydrogen) atoms. The molecule has 0 saturated heterocycles. The van der Waals surface area contributed by atoms with Crippen LogP contribution in [-0.2, 0) is 25.7 Å². The third-order valence-corrected chi connectivity index (χ3v) is 10.7. The van der Waals surface area contributed by atoms with E-state index in [2.05, 4.69) is 58.5 Å². The molecule has 0 atom stereocenters. The highest BCUT2D eigenvalue weighted by molar-refractivity contribution is 6.00. The van der Waals surface area contributed by atoms with Crippen molar-refractivity contribution < 1.29 is 0 Å². The molecule has 0 unspecified atom stereocenters. The quantitative estimate of drug-likeness (QED) is 0.157. The second kappa shape index (κ2) is 16.1. The SMILES string of the molecule is N#CCc1cccc(-c2c3nc(c(-c4cccc(CC#N)c4)c4ccc([nH]4)c(-c4cccc(CC#N)c4)c4nc(c(-c5cccc(CC#N)c5)c5ccc2[nH]5)C=C4)C=C3)c1. The standard InChI is InChI=1S/C52H34N8/c53-25-21-33-5-1-9-37(29-33)49-41-13-15-43(57-41)50(38-10-2-6-34(30-38)22-26-54)45-17-19-47(59-45)52(40-12-4-8-36(32-40)24-28-56)48-20-18-46(60-48)51(44-16-14-42(49)58-44)39-11-3-7-35(31-39)23-27-55/h1-20,29-32,57,60H,21-24H2. The van der Waals surface area contributed by atoms with E-state index in [1.54, 1.807) is 0 Å². The highest BCUT2D eigenvalue weighted by atomic mass is 14.8. The van der Waals surface area contributed by atoms with Crippen LogP contribution in [0.5, 0.6) is 0 Å². The predicted octanol–water partition coefficient (Wildman–Crippen LogP) is 11.6. The first-order valence-corrected chi connectivity index (χ1v) is 19.5. The Balaban J connectivity index is 1.46. The van der Waals surface area contributed by atoms with Crippen LogP contribution in [0, 0.1) is 45.3 Å². The smallest absolute Gasteiger partial charge is 0.0737 e. The Morgan fingerprint density at radius 2 is 0.600 bits per heavy atom. The molecule has 5 heterocycles. The van der Waals surface area contributed by atoms with Gasteiger partial charge in [0, 0.05) is 44.3 Å². The Morgan fingerprint density at radius 3 is 0.833 bits per heavy atom. The van der Waals surface area contributed by atoms with Crippen LogP contribution in [0.3, 0.4) is 0 Å². The maximum absolute atomic E-state index is 9.62.